The van der Waals surface area contributed by atoms with Crippen LogP contribution in [0.2, 0.25) is 0 Å². The van der Waals surface area contributed by atoms with E-state index in [1.54, 1.807) is 21.3 Å². The molecule has 27 heavy (non-hydrogen) atoms. The first-order valence-electron chi connectivity index (χ1n) is 8.97. The maximum atomic E-state index is 10.1. The lowest BCUT2D eigenvalue weighted by atomic mass is 9.90. The van der Waals surface area contributed by atoms with Crippen LogP contribution < -0.4 is 18.9 Å². The summed E-state index contributed by atoms with van der Waals surface area (Å²) >= 11 is 0. The van der Waals surface area contributed by atoms with Crippen molar-refractivity contribution in [2.24, 2.45) is 0 Å². The zero-order chi connectivity index (χ0) is 19.4. The zero-order valence-electron chi connectivity index (χ0n) is 15.9. The highest BCUT2D eigenvalue weighted by Gasteiger charge is 2.36. The maximum Gasteiger partial charge on any atom is 0.203 e. The van der Waals surface area contributed by atoms with Gasteiger partial charge in [0.25, 0.3) is 0 Å². The number of benzene rings is 2. The first kappa shape index (κ1) is 19.3. The van der Waals surface area contributed by atoms with Crippen molar-refractivity contribution in [1.29, 1.82) is 0 Å². The van der Waals surface area contributed by atoms with Crippen molar-refractivity contribution in [1.82, 2.24) is 0 Å². The van der Waals surface area contributed by atoms with Crippen LogP contribution in [0.1, 0.15) is 35.1 Å². The van der Waals surface area contributed by atoms with E-state index in [9.17, 15) is 5.11 Å². The van der Waals surface area contributed by atoms with Gasteiger partial charge in [0.2, 0.25) is 5.75 Å². The molecule has 2 atom stereocenters. The fraction of sp³-hybridized carbons (Fsp3) is 0.429. The van der Waals surface area contributed by atoms with Gasteiger partial charge in [-0.15, -0.1) is 0 Å². The van der Waals surface area contributed by atoms with Crippen molar-refractivity contribution >= 4 is 0 Å². The first-order valence-corrected chi connectivity index (χ1v) is 8.97. The molecule has 2 aromatic carbocycles. The van der Waals surface area contributed by atoms with E-state index in [1.807, 2.05) is 24.3 Å². The van der Waals surface area contributed by atoms with Crippen LogP contribution in [0, 0.1) is 0 Å². The fourth-order valence-corrected chi connectivity index (χ4v) is 3.58. The first-order chi connectivity index (χ1) is 13.2. The number of fused-ring (bicyclic) bond motifs is 1. The number of rotatable bonds is 8. The summed E-state index contributed by atoms with van der Waals surface area (Å²) < 4.78 is 22.4. The molecule has 0 aromatic heterocycles. The van der Waals surface area contributed by atoms with Crippen molar-refractivity contribution in [2.75, 3.05) is 34.5 Å². The van der Waals surface area contributed by atoms with Gasteiger partial charge in [-0.2, -0.15) is 0 Å². The van der Waals surface area contributed by atoms with E-state index >= 15 is 0 Å². The summed E-state index contributed by atoms with van der Waals surface area (Å²) in [6.45, 7) is 0.114. The third-order valence-corrected chi connectivity index (χ3v) is 4.93. The van der Waals surface area contributed by atoms with Gasteiger partial charge in [0, 0.05) is 17.7 Å². The Morgan fingerprint density at radius 2 is 1.67 bits per heavy atom. The summed E-state index contributed by atoms with van der Waals surface area (Å²) in [5, 5.41) is 19.1. The van der Waals surface area contributed by atoms with E-state index in [0.717, 1.165) is 28.9 Å². The maximum absolute atomic E-state index is 10.1. The van der Waals surface area contributed by atoms with Gasteiger partial charge in [-0.05, 0) is 36.6 Å². The minimum Gasteiger partial charge on any atom is -0.493 e. The summed E-state index contributed by atoms with van der Waals surface area (Å²) in [5.41, 5.74) is 2.94. The van der Waals surface area contributed by atoms with Crippen LogP contribution in [0.3, 0.4) is 0 Å². The van der Waals surface area contributed by atoms with Crippen LogP contribution >= 0.6 is 0 Å². The molecule has 0 amide bonds. The second-order valence-corrected chi connectivity index (χ2v) is 6.49. The van der Waals surface area contributed by atoms with Gasteiger partial charge in [-0.3, -0.25) is 0 Å². The molecule has 2 aromatic rings. The predicted octanol–water partition coefficient (Wildman–Crippen LogP) is 2.85. The summed E-state index contributed by atoms with van der Waals surface area (Å²) in [6.07, 6.45) is 1.14. The fourth-order valence-electron chi connectivity index (χ4n) is 3.58. The minimum atomic E-state index is -0.355. The smallest absolute Gasteiger partial charge is 0.203 e. The van der Waals surface area contributed by atoms with Crippen LogP contribution in [0.15, 0.2) is 30.3 Å². The predicted molar refractivity (Wildman–Crippen MR) is 101 cm³/mol. The van der Waals surface area contributed by atoms with Gasteiger partial charge < -0.3 is 29.2 Å². The number of ether oxygens (including phenoxy) is 4. The Morgan fingerprint density at radius 3 is 2.22 bits per heavy atom. The van der Waals surface area contributed by atoms with E-state index in [1.165, 1.54) is 0 Å². The Balaban J connectivity index is 1.97. The minimum absolute atomic E-state index is 0.0439. The van der Waals surface area contributed by atoms with E-state index in [0.29, 0.717) is 23.7 Å². The number of aliphatic hydroxyl groups excluding tert-OH is 2. The summed E-state index contributed by atoms with van der Waals surface area (Å²) in [5.74, 6) is 2.18. The summed E-state index contributed by atoms with van der Waals surface area (Å²) in [7, 11) is 4.71. The Bertz CT molecular complexity index is 763. The Labute approximate surface area is 159 Å². The highest BCUT2D eigenvalue weighted by atomic mass is 16.5. The lowest BCUT2D eigenvalue weighted by molar-refractivity contribution is 0.159. The monoisotopic (exact) mass is 374 g/mol. The molecule has 0 radical (unpaired) electrons. The van der Waals surface area contributed by atoms with E-state index in [2.05, 4.69) is 6.07 Å². The lowest BCUT2D eigenvalue weighted by Gasteiger charge is -2.20. The Kier molecular flexibility index (Phi) is 6.08. The quantitative estimate of drug-likeness (QED) is 0.740. The van der Waals surface area contributed by atoms with Crippen molar-refractivity contribution in [2.45, 2.75) is 24.9 Å². The molecule has 1 heterocycles. The molecule has 1 aliphatic rings. The third-order valence-electron chi connectivity index (χ3n) is 4.93. The molecule has 0 fully saturated rings. The molecule has 0 spiro atoms. The summed E-state index contributed by atoms with van der Waals surface area (Å²) in [4.78, 5) is 0. The van der Waals surface area contributed by atoms with Gasteiger partial charge in [-0.1, -0.05) is 12.1 Å². The number of hydrogen-bond donors (Lipinski definition) is 2. The number of aliphatic hydroxyl groups is 2. The van der Waals surface area contributed by atoms with Crippen LogP contribution in [0.5, 0.6) is 23.0 Å². The molecular formula is C21H26O6. The van der Waals surface area contributed by atoms with Gasteiger partial charge in [-0.25, -0.2) is 0 Å². The Hall–Kier alpha value is -2.44. The molecule has 6 heteroatoms. The van der Waals surface area contributed by atoms with Gasteiger partial charge in [0.15, 0.2) is 11.5 Å². The molecule has 0 unspecified atom stereocenters. The third kappa shape index (κ3) is 3.68. The second-order valence-electron chi connectivity index (χ2n) is 6.49. The van der Waals surface area contributed by atoms with Crippen molar-refractivity contribution in [3.63, 3.8) is 0 Å². The highest BCUT2D eigenvalue weighted by Crippen LogP contribution is 2.49. The van der Waals surface area contributed by atoms with Gasteiger partial charge >= 0.3 is 0 Å². The number of aryl methyl sites for hydroxylation is 1. The molecule has 0 saturated heterocycles. The SMILES string of the molecule is COc1cc([C@@H]2Oc3ccc(CCCO)cc3[C@@H]2CO)cc(OC)c1OC. The number of hydrogen-bond acceptors (Lipinski definition) is 6. The second kappa shape index (κ2) is 8.50. The topological polar surface area (TPSA) is 77.4 Å². The lowest BCUT2D eigenvalue weighted by Crippen LogP contribution is -2.14. The Morgan fingerprint density at radius 1 is 0.963 bits per heavy atom. The highest BCUT2D eigenvalue weighted by molar-refractivity contribution is 5.56. The van der Waals surface area contributed by atoms with Gasteiger partial charge in [0.1, 0.15) is 11.9 Å². The van der Waals surface area contributed by atoms with E-state index in [-0.39, 0.29) is 25.2 Å². The van der Waals surface area contributed by atoms with E-state index in [4.69, 9.17) is 24.1 Å². The molecule has 6 nitrogen and oxygen atoms in total. The molecule has 1 aliphatic heterocycles. The van der Waals surface area contributed by atoms with Crippen molar-refractivity contribution < 1.29 is 29.2 Å². The number of methoxy groups -OCH3 is 3. The standard InChI is InChI=1S/C21H26O6/c1-24-18-10-14(11-19(25-2)21(18)26-3)20-16(12-23)15-9-13(5-4-8-22)6-7-17(15)27-20/h6-7,9-11,16,20,22-23H,4-5,8,12H2,1-3H3/t16-,20-/m0/s1. The van der Waals surface area contributed by atoms with Crippen molar-refractivity contribution in [3.05, 3.63) is 47.0 Å². The van der Waals surface area contributed by atoms with Crippen LogP contribution in [-0.2, 0) is 6.42 Å². The normalized spacial score (nSPS) is 18.0. The van der Waals surface area contributed by atoms with Crippen LogP contribution in [-0.4, -0.2) is 44.8 Å². The van der Waals surface area contributed by atoms with Crippen LogP contribution in [0.4, 0.5) is 0 Å². The molecule has 3 rings (SSSR count). The molecule has 2 N–H and O–H groups in total. The van der Waals surface area contributed by atoms with E-state index < -0.39 is 0 Å². The zero-order valence-corrected chi connectivity index (χ0v) is 15.9. The molecular weight excluding hydrogens is 348 g/mol. The molecule has 0 saturated carbocycles. The van der Waals surface area contributed by atoms with Crippen molar-refractivity contribution in [3.8, 4) is 23.0 Å². The van der Waals surface area contributed by atoms with Gasteiger partial charge in [0.05, 0.1) is 33.9 Å². The average molecular weight is 374 g/mol. The molecule has 146 valence electrons. The molecule has 0 aliphatic carbocycles. The summed E-state index contributed by atoms with van der Waals surface area (Å²) in [6, 6.07) is 9.70. The molecule has 0 bridgehead atoms. The largest absolute Gasteiger partial charge is 0.493 e. The average Bonchev–Trinajstić information content (AvgIpc) is 3.08. The van der Waals surface area contributed by atoms with Crippen LogP contribution in [0.25, 0.3) is 0 Å².